The molecule has 10 nitrogen and oxygen atoms in total. The molecule has 25 heavy (non-hydrogen) atoms. The molecule has 0 atom stereocenters. The summed E-state index contributed by atoms with van der Waals surface area (Å²) in [7, 11) is -7.54. The minimum absolute atomic E-state index is 0.112. The van der Waals surface area contributed by atoms with E-state index in [0.29, 0.717) is 11.4 Å². The smallest absolute Gasteiger partial charge is 0.238 e. The van der Waals surface area contributed by atoms with E-state index in [0.717, 1.165) is 10.6 Å². The second kappa shape index (κ2) is 7.35. The summed E-state index contributed by atoms with van der Waals surface area (Å²) in [6.07, 6.45) is 1.04. The lowest BCUT2D eigenvalue weighted by atomic mass is 10.2. The van der Waals surface area contributed by atoms with E-state index in [1.54, 1.807) is 24.3 Å². The van der Waals surface area contributed by atoms with Gasteiger partial charge in [0, 0.05) is 0 Å². The third kappa shape index (κ3) is 4.88. The zero-order chi connectivity index (χ0) is 18.7. The van der Waals surface area contributed by atoms with E-state index in [1.807, 2.05) is 0 Å². The zero-order valence-corrected chi connectivity index (χ0v) is 14.8. The topological polar surface area (TPSA) is 162 Å². The highest BCUT2D eigenvalue weighted by molar-refractivity contribution is 7.92. The van der Waals surface area contributed by atoms with Gasteiger partial charge in [-0.2, -0.15) is 0 Å². The number of hydrogen-bond acceptors (Lipinski definition) is 7. The molecule has 0 heterocycles. The summed E-state index contributed by atoms with van der Waals surface area (Å²) >= 11 is 0. The first-order valence-electron chi connectivity index (χ1n) is 6.77. The van der Waals surface area contributed by atoms with Crippen molar-refractivity contribution in [2.45, 2.75) is 4.90 Å². The van der Waals surface area contributed by atoms with E-state index < -0.39 is 20.0 Å². The molecule has 0 fully saturated rings. The van der Waals surface area contributed by atoms with Gasteiger partial charge in [-0.15, -0.1) is 5.69 Å². The van der Waals surface area contributed by atoms with Crippen molar-refractivity contribution in [1.82, 2.24) is 11.1 Å². The highest BCUT2D eigenvalue weighted by Gasteiger charge is 2.20. The van der Waals surface area contributed by atoms with Crippen molar-refractivity contribution >= 4 is 37.1 Å². The molecule has 0 aliphatic rings. The minimum Gasteiger partial charge on any atom is -0.608 e. The average molecular weight is 385 g/mol. The number of sulfonamides is 2. The number of rotatable bonds is 7. The molecular weight excluding hydrogens is 368 g/mol. The lowest BCUT2D eigenvalue weighted by Gasteiger charge is -2.25. The van der Waals surface area contributed by atoms with E-state index in [1.165, 1.54) is 24.3 Å². The van der Waals surface area contributed by atoms with E-state index in [-0.39, 0.29) is 10.6 Å². The van der Waals surface area contributed by atoms with Crippen LogP contribution in [0.1, 0.15) is 0 Å². The molecule has 2 aromatic rings. The van der Waals surface area contributed by atoms with Crippen LogP contribution < -0.4 is 26.4 Å². The number of primary sulfonamides is 1. The maximum Gasteiger partial charge on any atom is 0.238 e. The van der Waals surface area contributed by atoms with Crippen molar-refractivity contribution in [2.75, 3.05) is 10.6 Å². The molecule has 6 N–H and O–H groups in total. The molecule has 12 heteroatoms. The summed E-state index contributed by atoms with van der Waals surface area (Å²) in [6.45, 7) is 0. The second-order valence-corrected chi connectivity index (χ2v) is 8.34. The fourth-order valence-electron chi connectivity index (χ4n) is 2.06. The Balaban J connectivity index is 2.40. The number of hydrazine groups is 2. The molecule has 0 unspecified atom stereocenters. The number of nitrogens with zero attached hydrogens (tertiary/aromatic N) is 2. The molecule has 0 aliphatic carbocycles. The van der Waals surface area contributed by atoms with Gasteiger partial charge in [-0.05, 0) is 36.4 Å². The third-order valence-corrected chi connectivity index (χ3v) is 5.08. The van der Waals surface area contributed by atoms with E-state index in [2.05, 4.69) is 16.5 Å². The number of hydrogen-bond donors (Lipinski definition) is 4. The first-order chi connectivity index (χ1) is 11.6. The van der Waals surface area contributed by atoms with Crippen LogP contribution in [-0.2, 0) is 20.0 Å². The lowest BCUT2D eigenvalue weighted by molar-refractivity contribution is 0.597. The second-order valence-electron chi connectivity index (χ2n) is 4.95. The largest absolute Gasteiger partial charge is 0.608 e. The predicted molar refractivity (Wildman–Crippen MR) is 94.7 cm³/mol. The standard InChI is InChI=1S/C13H17N6O4S2/c1-24(20,21)19(11-4-2-10(3-5-11)16-18-17-14)12-6-8-13(9-7-12)25(15,22)23/h2-9,17-18H,14H2,1H3,(H2,15,22,23)/q-1. The van der Waals surface area contributed by atoms with Crippen molar-refractivity contribution in [3.63, 3.8) is 0 Å². The molecule has 0 spiro atoms. The van der Waals surface area contributed by atoms with Gasteiger partial charge in [-0.25, -0.2) is 31.8 Å². The van der Waals surface area contributed by atoms with Gasteiger partial charge >= 0.3 is 0 Å². The highest BCUT2D eigenvalue weighted by atomic mass is 32.2. The highest BCUT2D eigenvalue weighted by Crippen LogP contribution is 2.30. The molecule has 0 aromatic heterocycles. The van der Waals surface area contributed by atoms with Crippen LogP contribution in [0.25, 0.3) is 5.43 Å². The Morgan fingerprint density at radius 3 is 1.80 bits per heavy atom. The van der Waals surface area contributed by atoms with Gasteiger partial charge in [0.05, 0.1) is 22.5 Å². The van der Waals surface area contributed by atoms with Gasteiger partial charge in [0.1, 0.15) is 0 Å². The number of nitrogens with two attached hydrogens (primary N) is 2. The maximum atomic E-state index is 12.2. The van der Waals surface area contributed by atoms with Gasteiger partial charge in [0.15, 0.2) is 0 Å². The summed E-state index contributed by atoms with van der Waals surface area (Å²) in [5, 5.41) is 5.05. The first-order valence-corrected chi connectivity index (χ1v) is 10.2. The Bertz CT molecular complexity index is 927. The number of benzene rings is 2. The van der Waals surface area contributed by atoms with Crippen LogP contribution in [0.5, 0.6) is 0 Å². The van der Waals surface area contributed by atoms with Crippen LogP contribution in [0, 0.1) is 0 Å². The Morgan fingerprint density at radius 2 is 1.40 bits per heavy atom. The van der Waals surface area contributed by atoms with Crippen molar-refractivity contribution in [1.29, 1.82) is 0 Å². The summed E-state index contributed by atoms with van der Waals surface area (Å²) in [5.41, 5.74) is 9.48. The summed E-state index contributed by atoms with van der Waals surface area (Å²) in [5.74, 6) is 5.04. The van der Waals surface area contributed by atoms with Crippen molar-refractivity contribution in [2.24, 2.45) is 11.0 Å². The molecule has 0 saturated heterocycles. The van der Waals surface area contributed by atoms with Gasteiger partial charge < -0.3 is 11.0 Å². The molecule has 0 amide bonds. The van der Waals surface area contributed by atoms with Gasteiger partial charge in [0.25, 0.3) is 0 Å². The molecular formula is C13H17N6O4S2-. The van der Waals surface area contributed by atoms with Crippen LogP contribution in [0.2, 0.25) is 0 Å². The van der Waals surface area contributed by atoms with Crippen LogP contribution >= 0.6 is 0 Å². The maximum absolute atomic E-state index is 12.2. The number of nitrogens with one attached hydrogen (secondary N) is 2. The van der Waals surface area contributed by atoms with E-state index >= 15 is 0 Å². The van der Waals surface area contributed by atoms with Crippen LogP contribution in [-0.4, -0.2) is 23.1 Å². The van der Waals surface area contributed by atoms with Crippen LogP contribution in [0.4, 0.5) is 17.1 Å². The Morgan fingerprint density at radius 1 is 0.920 bits per heavy atom. The van der Waals surface area contributed by atoms with E-state index in [9.17, 15) is 16.8 Å². The molecule has 2 rings (SSSR count). The molecule has 0 saturated carbocycles. The van der Waals surface area contributed by atoms with Gasteiger partial charge in [-0.3, -0.25) is 5.84 Å². The quantitative estimate of drug-likeness (QED) is 0.394. The lowest BCUT2D eigenvalue weighted by Crippen LogP contribution is -2.33. The summed E-state index contributed by atoms with van der Waals surface area (Å²) < 4.78 is 48.1. The van der Waals surface area contributed by atoms with Gasteiger partial charge in [-0.1, -0.05) is 12.1 Å². The fourth-order valence-corrected chi connectivity index (χ4v) is 3.59. The average Bonchev–Trinajstić information content (AvgIpc) is 2.53. The monoisotopic (exact) mass is 385 g/mol. The van der Waals surface area contributed by atoms with Gasteiger partial charge in [0.2, 0.25) is 20.0 Å². The van der Waals surface area contributed by atoms with Crippen molar-refractivity contribution < 1.29 is 16.8 Å². The van der Waals surface area contributed by atoms with Crippen LogP contribution in [0.15, 0.2) is 53.4 Å². The predicted octanol–water partition coefficient (Wildman–Crippen LogP) is 0.320. The fraction of sp³-hybridized carbons (Fsp3) is 0.0769. The van der Waals surface area contributed by atoms with Crippen molar-refractivity contribution in [3.8, 4) is 0 Å². The normalized spacial score (nSPS) is 12.0. The third-order valence-electron chi connectivity index (χ3n) is 3.07. The first kappa shape index (κ1) is 19.1. The molecule has 2 aromatic carbocycles. The Labute approximate surface area is 145 Å². The SMILES string of the molecule is CS(=O)(=O)N(c1ccc([N-]NNN)cc1)c1ccc(S(N)(=O)=O)cc1. The molecule has 0 aliphatic heterocycles. The summed E-state index contributed by atoms with van der Waals surface area (Å²) in [4.78, 5) is -0.112. The number of anilines is 2. The molecule has 136 valence electrons. The minimum atomic E-state index is -3.86. The molecule has 0 bridgehead atoms. The Kier molecular flexibility index (Phi) is 5.62. The van der Waals surface area contributed by atoms with E-state index in [4.69, 9.17) is 11.0 Å². The Hall–Kier alpha value is -2.22. The van der Waals surface area contributed by atoms with Crippen LogP contribution in [0.3, 0.4) is 0 Å². The zero-order valence-electron chi connectivity index (χ0n) is 13.1. The van der Waals surface area contributed by atoms with Crippen molar-refractivity contribution in [3.05, 3.63) is 54.0 Å². The summed E-state index contributed by atoms with van der Waals surface area (Å²) in [6, 6.07) is 11.5. The molecule has 0 radical (unpaired) electrons.